The van der Waals surface area contributed by atoms with E-state index >= 15 is 0 Å². The van der Waals surface area contributed by atoms with E-state index in [2.05, 4.69) is 52.4 Å². The van der Waals surface area contributed by atoms with Crippen LogP contribution in [0.3, 0.4) is 0 Å². The minimum atomic E-state index is -0.519. The molecule has 8 rings (SSSR count). The summed E-state index contributed by atoms with van der Waals surface area (Å²) in [4.78, 5) is 10.1. The first-order chi connectivity index (χ1) is 19.8. The number of fused-ring (bicyclic) bond motifs is 6. The number of nitriles is 1. The topological polar surface area (TPSA) is 78.6 Å². The quantitative estimate of drug-likeness (QED) is 0.259. The van der Waals surface area contributed by atoms with Crippen molar-refractivity contribution in [2.24, 2.45) is 9.98 Å². The number of furan rings is 1. The second kappa shape index (κ2) is 8.69. The Morgan fingerprint density at radius 1 is 0.675 bits per heavy atom. The predicted octanol–water partition coefficient (Wildman–Crippen LogP) is 7.52. The van der Waals surface area contributed by atoms with E-state index in [4.69, 9.17) is 14.4 Å². The highest BCUT2D eigenvalue weighted by atomic mass is 16.3. The Bertz CT molecular complexity index is 2210. The molecule has 0 aliphatic carbocycles. The SMILES string of the molecule is N#Cc1cccc(C2N=C(c3ccccc3)NC(n3c4ccccc4c4cc5oc6ccccc6c5cc43)=N2)c1. The number of nitrogens with zero attached hydrogens (tertiary/aromatic N) is 4. The van der Waals surface area contributed by atoms with Crippen LogP contribution < -0.4 is 5.32 Å². The first kappa shape index (κ1) is 22.3. The molecule has 1 aliphatic heterocycles. The third-order valence-electron chi connectivity index (χ3n) is 7.47. The van der Waals surface area contributed by atoms with Crippen LogP contribution in [0.5, 0.6) is 0 Å². The highest BCUT2D eigenvalue weighted by Gasteiger charge is 2.24. The number of benzene rings is 5. The van der Waals surface area contributed by atoms with Gasteiger partial charge < -0.3 is 9.73 Å². The van der Waals surface area contributed by atoms with Crippen LogP contribution >= 0.6 is 0 Å². The minimum absolute atomic E-state index is 0.519. The zero-order valence-corrected chi connectivity index (χ0v) is 21.2. The van der Waals surface area contributed by atoms with Gasteiger partial charge in [-0.25, -0.2) is 9.98 Å². The summed E-state index contributed by atoms with van der Waals surface area (Å²) in [7, 11) is 0. The Morgan fingerprint density at radius 2 is 1.48 bits per heavy atom. The lowest BCUT2D eigenvalue weighted by atomic mass is 10.1. The number of aromatic nitrogens is 1. The first-order valence-corrected chi connectivity index (χ1v) is 13.1. The van der Waals surface area contributed by atoms with Gasteiger partial charge in [0.1, 0.15) is 17.0 Å². The van der Waals surface area contributed by atoms with Gasteiger partial charge >= 0.3 is 0 Å². The van der Waals surface area contributed by atoms with Crippen molar-refractivity contribution in [2.45, 2.75) is 6.17 Å². The third kappa shape index (κ3) is 3.42. The maximum Gasteiger partial charge on any atom is 0.211 e. The second-order valence-corrected chi connectivity index (χ2v) is 9.85. The van der Waals surface area contributed by atoms with Gasteiger partial charge in [-0.3, -0.25) is 4.57 Å². The predicted molar refractivity (Wildman–Crippen MR) is 160 cm³/mol. The maximum absolute atomic E-state index is 9.53. The summed E-state index contributed by atoms with van der Waals surface area (Å²) >= 11 is 0. The van der Waals surface area contributed by atoms with Gasteiger partial charge in [0, 0.05) is 27.1 Å². The molecule has 0 spiro atoms. The van der Waals surface area contributed by atoms with Crippen molar-refractivity contribution in [3.63, 3.8) is 0 Å². The molecule has 0 saturated heterocycles. The Labute approximate surface area is 229 Å². The Morgan fingerprint density at radius 3 is 2.35 bits per heavy atom. The largest absolute Gasteiger partial charge is 0.456 e. The van der Waals surface area contributed by atoms with Crippen molar-refractivity contribution in [3.8, 4) is 6.07 Å². The molecule has 0 fully saturated rings. The molecule has 188 valence electrons. The fourth-order valence-electron chi connectivity index (χ4n) is 5.63. The average Bonchev–Trinajstić information content (AvgIpc) is 3.55. The normalized spacial score (nSPS) is 15.2. The number of para-hydroxylation sites is 2. The molecule has 1 aliphatic rings. The van der Waals surface area contributed by atoms with Gasteiger partial charge in [0.25, 0.3) is 0 Å². The van der Waals surface area contributed by atoms with Crippen molar-refractivity contribution in [2.75, 3.05) is 0 Å². The molecule has 1 atom stereocenters. The van der Waals surface area contributed by atoms with Crippen LogP contribution in [0, 0.1) is 11.3 Å². The van der Waals surface area contributed by atoms with Crippen molar-refractivity contribution in [3.05, 3.63) is 132 Å². The van der Waals surface area contributed by atoms with E-state index < -0.39 is 6.17 Å². The molecule has 0 radical (unpaired) electrons. The summed E-state index contributed by atoms with van der Waals surface area (Å²) in [6.07, 6.45) is -0.519. The molecule has 3 heterocycles. The lowest BCUT2D eigenvalue weighted by molar-refractivity contribution is 0.669. The Hall–Kier alpha value is -5.67. The van der Waals surface area contributed by atoms with Crippen LogP contribution in [-0.2, 0) is 0 Å². The summed E-state index contributed by atoms with van der Waals surface area (Å²) in [6, 6.07) is 40.6. The molecule has 1 unspecified atom stereocenters. The standard InChI is InChI=1S/C34H21N5O/c35-20-21-9-8-12-23(17-21)33-36-32(22-10-2-1-3-11-22)37-34(38-33)39-28-15-6-4-13-24(28)26-19-31-27(18-29(26)39)25-14-5-7-16-30(25)40-31/h1-19,33H,(H,36,37,38). The number of hydrogen-bond acceptors (Lipinski definition) is 5. The van der Waals surface area contributed by atoms with Gasteiger partial charge in [0.05, 0.1) is 22.7 Å². The summed E-state index contributed by atoms with van der Waals surface area (Å²) in [6.45, 7) is 0. The number of nitrogens with one attached hydrogen (secondary N) is 1. The van der Waals surface area contributed by atoms with Gasteiger partial charge in [0.15, 0.2) is 6.17 Å². The number of aliphatic imine (C=N–C) groups is 2. The van der Waals surface area contributed by atoms with Crippen LogP contribution in [0.4, 0.5) is 0 Å². The maximum atomic E-state index is 9.53. The number of rotatable bonds is 2. The van der Waals surface area contributed by atoms with Crippen LogP contribution in [0.1, 0.15) is 22.9 Å². The molecule has 6 nitrogen and oxygen atoms in total. The van der Waals surface area contributed by atoms with Crippen molar-refractivity contribution in [1.29, 1.82) is 5.26 Å². The lowest BCUT2D eigenvalue weighted by Crippen LogP contribution is -2.39. The summed E-state index contributed by atoms with van der Waals surface area (Å²) in [5, 5.41) is 17.4. The van der Waals surface area contributed by atoms with E-state index in [-0.39, 0.29) is 0 Å². The van der Waals surface area contributed by atoms with E-state index in [0.29, 0.717) is 11.5 Å². The van der Waals surface area contributed by atoms with Gasteiger partial charge in [-0.15, -0.1) is 0 Å². The number of amidine groups is 1. The minimum Gasteiger partial charge on any atom is -0.456 e. The highest BCUT2D eigenvalue weighted by molar-refractivity contribution is 6.21. The van der Waals surface area contributed by atoms with Crippen LogP contribution in [-0.4, -0.2) is 16.4 Å². The summed E-state index contributed by atoms with van der Waals surface area (Å²) < 4.78 is 8.41. The zero-order valence-electron chi connectivity index (χ0n) is 21.2. The van der Waals surface area contributed by atoms with Crippen LogP contribution in [0.15, 0.2) is 130 Å². The van der Waals surface area contributed by atoms with E-state index in [9.17, 15) is 5.26 Å². The fourth-order valence-corrected chi connectivity index (χ4v) is 5.63. The van der Waals surface area contributed by atoms with Crippen molar-refractivity contribution in [1.82, 2.24) is 9.88 Å². The van der Waals surface area contributed by atoms with Gasteiger partial charge in [-0.2, -0.15) is 5.26 Å². The molecule has 40 heavy (non-hydrogen) atoms. The van der Waals surface area contributed by atoms with Gasteiger partial charge in [-0.05, 0) is 42.0 Å². The number of hydrogen-bond donors (Lipinski definition) is 1. The molecule has 6 heteroatoms. The monoisotopic (exact) mass is 515 g/mol. The molecular formula is C34H21N5O. The van der Waals surface area contributed by atoms with Crippen LogP contribution in [0.25, 0.3) is 43.7 Å². The fraction of sp³-hybridized carbons (Fsp3) is 0.0294. The van der Waals surface area contributed by atoms with Gasteiger partial charge in [0.2, 0.25) is 5.96 Å². The molecule has 1 N–H and O–H groups in total. The molecule has 5 aromatic carbocycles. The van der Waals surface area contributed by atoms with Gasteiger partial charge in [-0.1, -0.05) is 78.9 Å². The average molecular weight is 516 g/mol. The van der Waals surface area contributed by atoms with Crippen molar-refractivity contribution < 1.29 is 4.42 Å². The molecule has 7 aromatic rings. The smallest absolute Gasteiger partial charge is 0.211 e. The van der Waals surface area contributed by atoms with E-state index in [0.717, 1.165) is 60.7 Å². The Balaban J connectivity index is 1.41. The molecular weight excluding hydrogens is 494 g/mol. The molecule has 0 amide bonds. The summed E-state index contributed by atoms with van der Waals surface area (Å²) in [5.74, 6) is 1.39. The highest BCUT2D eigenvalue weighted by Crippen LogP contribution is 2.37. The summed E-state index contributed by atoms with van der Waals surface area (Å²) in [5.41, 5.74) is 6.16. The van der Waals surface area contributed by atoms with Crippen molar-refractivity contribution >= 4 is 55.5 Å². The molecule has 0 saturated carbocycles. The zero-order chi connectivity index (χ0) is 26.6. The van der Waals surface area contributed by atoms with Crippen LogP contribution in [0.2, 0.25) is 0 Å². The third-order valence-corrected chi connectivity index (χ3v) is 7.47. The molecule has 0 bridgehead atoms. The van der Waals surface area contributed by atoms with E-state index in [1.54, 1.807) is 6.07 Å². The van der Waals surface area contributed by atoms with E-state index in [1.807, 2.05) is 72.8 Å². The lowest BCUT2D eigenvalue weighted by Gasteiger charge is -2.23. The Kier molecular flexibility index (Phi) is 4.85. The molecule has 2 aromatic heterocycles. The first-order valence-electron chi connectivity index (χ1n) is 13.1. The van der Waals surface area contributed by atoms with E-state index in [1.165, 1.54) is 0 Å². The second-order valence-electron chi connectivity index (χ2n) is 9.85.